The standard InChI is InChI=1S/C22H21F3N4O3/c1-3-11-26-20(30)16-9-4-5-10-17(16)27-21(31)19-18(32-2)13-29(28-19)15-8-6-7-14(12-15)22(23,24)25/h4-10,12-13H,3,11H2,1-2H3,(H,26,30)(H,27,31). The van der Waals surface area contributed by atoms with Crippen LogP contribution >= 0.6 is 0 Å². The highest BCUT2D eigenvalue weighted by Crippen LogP contribution is 2.31. The van der Waals surface area contributed by atoms with Gasteiger partial charge in [0.1, 0.15) is 0 Å². The van der Waals surface area contributed by atoms with Crippen molar-refractivity contribution in [2.75, 3.05) is 19.0 Å². The Kier molecular flexibility index (Phi) is 6.82. The van der Waals surface area contributed by atoms with Gasteiger partial charge in [-0.15, -0.1) is 0 Å². The number of benzene rings is 2. The molecule has 0 saturated heterocycles. The molecular weight excluding hydrogens is 425 g/mol. The minimum atomic E-state index is -4.52. The molecule has 2 aromatic carbocycles. The minimum Gasteiger partial charge on any atom is -0.493 e. The topological polar surface area (TPSA) is 85.3 Å². The Morgan fingerprint density at radius 1 is 1.09 bits per heavy atom. The second-order valence-corrected chi connectivity index (χ2v) is 6.79. The van der Waals surface area contributed by atoms with Crippen LogP contribution in [0.15, 0.2) is 54.7 Å². The first-order chi connectivity index (χ1) is 15.2. The number of aromatic nitrogens is 2. The van der Waals surface area contributed by atoms with Gasteiger partial charge >= 0.3 is 6.18 Å². The van der Waals surface area contributed by atoms with Crippen molar-refractivity contribution in [1.29, 1.82) is 0 Å². The molecule has 0 spiro atoms. The van der Waals surface area contributed by atoms with Crippen LogP contribution in [0.5, 0.6) is 5.75 Å². The van der Waals surface area contributed by atoms with Crippen molar-refractivity contribution in [2.45, 2.75) is 19.5 Å². The predicted octanol–water partition coefficient (Wildman–Crippen LogP) is 4.29. The lowest BCUT2D eigenvalue weighted by molar-refractivity contribution is -0.137. The van der Waals surface area contributed by atoms with Gasteiger partial charge in [-0.3, -0.25) is 9.59 Å². The molecule has 3 aromatic rings. The largest absolute Gasteiger partial charge is 0.493 e. The van der Waals surface area contributed by atoms with Gasteiger partial charge in [-0.25, -0.2) is 4.68 Å². The molecule has 2 N–H and O–H groups in total. The van der Waals surface area contributed by atoms with Gasteiger partial charge in [-0.2, -0.15) is 18.3 Å². The molecule has 0 aliphatic carbocycles. The number of hydrogen-bond donors (Lipinski definition) is 2. The summed E-state index contributed by atoms with van der Waals surface area (Å²) in [5.41, 5.74) is -0.347. The fourth-order valence-electron chi connectivity index (χ4n) is 2.93. The van der Waals surface area contributed by atoms with E-state index in [1.165, 1.54) is 25.4 Å². The molecule has 32 heavy (non-hydrogen) atoms. The van der Waals surface area contributed by atoms with Crippen LogP contribution in [0.1, 0.15) is 39.8 Å². The summed E-state index contributed by atoms with van der Waals surface area (Å²) in [4.78, 5) is 25.2. The number of hydrogen-bond acceptors (Lipinski definition) is 4. The van der Waals surface area contributed by atoms with E-state index in [4.69, 9.17) is 4.74 Å². The van der Waals surface area contributed by atoms with Crippen molar-refractivity contribution >= 4 is 17.5 Å². The molecule has 1 aromatic heterocycles. The molecule has 0 saturated carbocycles. The maximum Gasteiger partial charge on any atom is 0.416 e. The van der Waals surface area contributed by atoms with Crippen molar-refractivity contribution in [2.24, 2.45) is 0 Å². The number of alkyl halides is 3. The Morgan fingerprint density at radius 3 is 2.53 bits per heavy atom. The lowest BCUT2D eigenvalue weighted by Crippen LogP contribution is -2.26. The van der Waals surface area contributed by atoms with E-state index in [0.29, 0.717) is 6.54 Å². The number of carbonyl (C=O) groups is 2. The summed E-state index contributed by atoms with van der Waals surface area (Å²) in [6.45, 7) is 2.40. The molecule has 2 amide bonds. The number of para-hydroxylation sites is 1. The number of nitrogens with one attached hydrogen (secondary N) is 2. The summed E-state index contributed by atoms with van der Waals surface area (Å²) in [7, 11) is 1.32. The first-order valence-electron chi connectivity index (χ1n) is 9.74. The Hall–Kier alpha value is -3.82. The Morgan fingerprint density at radius 2 is 1.84 bits per heavy atom. The molecule has 7 nitrogen and oxygen atoms in total. The van der Waals surface area contributed by atoms with E-state index >= 15 is 0 Å². The van der Waals surface area contributed by atoms with Gasteiger partial charge in [0.15, 0.2) is 11.4 Å². The van der Waals surface area contributed by atoms with E-state index in [1.54, 1.807) is 24.3 Å². The molecular formula is C22H21F3N4O3. The third kappa shape index (κ3) is 5.08. The molecule has 168 valence electrons. The van der Waals surface area contributed by atoms with Gasteiger partial charge < -0.3 is 15.4 Å². The van der Waals surface area contributed by atoms with Crippen LogP contribution in [0.4, 0.5) is 18.9 Å². The number of halogens is 3. The first-order valence-corrected chi connectivity index (χ1v) is 9.74. The summed E-state index contributed by atoms with van der Waals surface area (Å²) >= 11 is 0. The maximum absolute atomic E-state index is 13.0. The fraction of sp³-hybridized carbons (Fsp3) is 0.227. The molecule has 0 radical (unpaired) electrons. The quantitative estimate of drug-likeness (QED) is 0.567. The number of nitrogens with zero attached hydrogens (tertiary/aromatic N) is 2. The Balaban J connectivity index is 1.90. The summed E-state index contributed by atoms with van der Waals surface area (Å²) < 4.78 is 45.4. The minimum absolute atomic E-state index is 0.0628. The molecule has 10 heteroatoms. The molecule has 0 aliphatic heterocycles. The zero-order chi connectivity index (χ0) is 23.3. The van der Waals surface area contributed by atoms with E-state index < -0.39 is 17.6 Å². The highest BCUT2D eigenvalue weighted by atomic mass is 19.4. The molecule has 1 heterocycles. The summed E-state index contributed by atoms with van der Waals surface area (Å²) in [5.74, 6) is -0.958. The SMILES string of the molecule is CCCNC(=O)c1ccccc1NC(=O)c1nn(-c2cccc(C(F)(F)F)c2)cc1OC. The van der Waals surface area contributed by atoms with Gasteiger partial charge in [0.25, 0.3) is 11.8 Å². The Labute approximate surface area is 182 Å². The number of anilines is 1. The second kappa shape index (κ2) is 9.54. The van der Waals surface area contributed by atoms with Gasteiger partial charge in [-0.1, -0.05) is 25.1 Å². The number of amides is 2. The van der Waals surface area contributed by atoms with Crippen LogP contribution in [0.2, 0.25) is 0 Å². The van der Waals surface area contributed by atoms with Crippen LogP contribution in [-0.4, -0.2) is 35.2 Å². The van der Waals surface area contributed by atoms with Crippen molar-refractivity contribution in [3.05, 3.63) is 71.5 Å². The molecule has 3 rings (SSSR count). The van der Waals surface area contributed by atoms with Crippen LogP contribution < -0.4 is 15.4 Å². The van der Waals surface area contributed by atoms with Gasteiger partial charge in [-0.05, 0) is 36.8 Å². The van der Waals surface area contributed by atoms with Gasteiger partial charge in [0, 0.05) is 6.54 Å². The van der Waals surface area contributed by atoms with Crippen LogP contribution in [0.3, 0.4) is 0 Å². The average molecular weight is 446 g/mol. The lowest BCUT2D eigenvalue weighted by atomic mass is 10.1. The van der Waals surface area contributed by atoms with Crippen LogP contribution in [-0.2, 0) is 6.18 Å². The average Bonchev–Trinajstić information content (AvgIpc) is 3.22. The maximum atomic E-state index is 13.0. The number of carbonyl (C=O) groups excluding carboxylic acids is 2. The van der Waals surface area contributed by atoms with Gasteiger partial charge in [0.05, 0.1) is 35.8 Å². The lowest BCUT2D eigenvalue weighted by Gasteiger charge is -2.11. The van der Waals surface area contributed by atoms with Crippen molar-refractivity contribution in [3.8, 4) is 11.4 Å². The van der Waals surface area contributed by atoms with E-state index in [1.807, 2.05) is 6.92 Å². The molecule has 0 unspecified atom stereocenters. The summed E-state index contributed by atoms with van der Waals surface area (Å²) in [5, 5.41) is 9.47. The van der Waals surface area contributed by atoms with E-state index in [9.17, 15) is 22.8 Å². The number of ether oxygens (including phenoxy) is 1. The van der Waals surface area contributed by atoms with Crippen LogP contribution in [0, 0.1) is 0 Å². The summed E-state index contributed by atoms with van der Waals surface area (Å²) in [6.07, 6.45) is -2.45. The first kappa shape index (κ1) is 22.9. The van der Waals surface area contributed by atoms with Crippen molar-refractivity contribution in [3.63, 3.8) is 0 Å². The third-order valence-corrected chi connectivity index (χ3v) is 4.51. The predicted molar refractivity (Wildman–Crippen MR) is 112 cm³/mol. The van der Waals surface area contributed by atoms with E-state index in [-0.39, 0.29) is 34.3 Å². The second-order valence-electron chi connectivity index (χ2n) is 6.79. The summed E-state index contributed by atoms with van der Waals surface area (Å²) in [6, 6.07) is 11.0. The van der Waals surface area contributed by atoms with Crippen LogP contribution in [0.25, 0.3) is 5.69 Å². The smallest absolute Gasteiger partial charge is 0.416 e. The fourth-order valence-corrected chi connectivity index (χ4v) is 2.93. The number of rotatable bonds is 7. The molecule has 0 atom stereocenters. The van der Waals surface area contributed by atoms with Crippen molar-refractivity contribution < 1.29 is 27.5 Å². The Bertz CT molecular complexity index is 1130. The van der Waals surface area contributed by atoms with E-state index in [0.717, 1.165) is 23.2 Å². The van der Waals surface area contributed by atoms with Crippen molar-refractivity contribution in [1.82, 2.24) is 15.1 Å². The monoisotopic (exact) mass is 446 g/mol. The zero-order valence-corrected chi connectivity index (χ0v) is 17.4. The molecule has 0 aliphatic rings. The third-order valence-electron chi connectivity index (χ3n) is 4.51. The van der Waals surface area contributed by atoms with E-state index in [2.05, 4.69) is 15.7 Å². The number of methoxy groups -OCH3 is 1. The molecule has 0 bridgehead atoms. The highest BCUT2D eigenvalue weighted by Gasteiger charge is 2.31. The normalized spacial score (nSPS) is 11.2. The highest BCUT2D eigenvalue weighted by molar-refractivity contribution is 6.09. The molecule has 0 fully saturated rings. The zero-order valence-electron chi connectivity index (χ0n) is 17.4. The van der Waals surface area contributed by atoms with Gasteiger partial charge in [0.2, 0.25) is 0 Å².